The summed E-state index contributed by atoms with van der Waals surface area (Å²) in [5, 5.41) is 10.6. The van der Waals surface area contributed by atoms with E-state index in [1.807, 2.05) is 5.57 Å². The Bertz CT molecular complexity index is 796. The Kier molecular flexibility index (Phi) is 8.38. The molecule has 4 rings (SSSR count). The van der Waals surface area contributed by atoms with Crippen LogP contribution in [0.4, 0.5) is 0 Å². The van der Waals surface area contributed by atoms with E-state index in [9.17, 15) is 5.11 Å². The lowest BCUT2D eigenvalue weighted by Gasteiger charge is -2.57. The summed E-state index contributed by atoms with van der Waals surface area (Å²) in [5.74, 6) is 4.72. The molecule has 0 aliphatic heterocycles. The first kappa shape index (κ1) is 28.9. The van der Waals surface area contributed by atoms with Crippen molar-refractivity contribution < 1.29 is 9.53 Å². The molecule has 4 unspecified atom stereocenters. The van der Waals surface area contributed by atoms with E-state index in [0.717, 1.165) is 43.1 Å². The lowest BCUT2D eigenvalue weighted by molar-refractivity contribution is -0.0427. The standard InChI is InChI=1S/C33H60O2Si/c1-23(22-35-36(8,9)31(3,4)5)11-10-12-24(2)28-15-16-29-27-14-13-25-21-26(34)17-19-32(25,6)30(27)18-20-33(28,29)7/h14,23-26,28-30,34H,10-13,15-22H2,1-9H3/t23?,24-,25+,26+,28?,29?,30?,32+,33-/m1/s1. The molecule has 0 heterocycles. The van der Waals surface area contributed by atoms with Crippen LogP contribution in [0.2, 0.25) is 18.1 Å². The summed E-state index contributed by atoms with van der Waals surface area (Å²) in [7, 11) is -1.63. The van der Waals surface area contributed by atoms with Gasteiger partial charge < -0.3 is 9.53 Å². The number of aliphatic hydroxyl groups excluding tert-OH is 1. The molecule has 0 aromatic heterocycles. The lowest BCUT2D eigenvalue weighted by atomic mass is 9.47. The Morgan fingerprint density at radius 1 is 1.00 bits per heavy atom. The van der Waals surface area contributed by atoms with Gasteiger partial charge in [0.25, 0.3) is 0 Å². The second-order valence-corrected chi connectivity index (χ2v) is 20.8. The summed E-state index contributed by atoms with van der Waals surface area (Å²) in [6.07, 6.45) is 16.9. The number of rotatable bonds is 8. The van der Waals surface area contributed by atoms with E-state index in [1.54, 1.807) is 0 Å². The molecule has 9 atom stereocenters. The number of allylic oxidation sites excluding steroid dienone is 2. The van der Waals surface area contributed by atoms with Gasteiger partial charge in [0, 0.05) is 6.61 Å². The second-order valence-electron chi connectivity index (χ2n) is 16.0. The third kappa shape index (κ3) is 5.33. The Morgan fingerprint density at radius 2 is 1.67 bits per heavy atom. The molecule has 1 N–H and O–H groups in total. The lowest BCUT2D eigenvalue weighted by Crippen LogP contribution is -2.49. The average Bonchev–Trinajstić information content (AvgIpc) is 3.15. The van der Waals surface area contributed by atoms with Crippen molar-refractivity contribution in [2.75, 3.05) is 6.61 Å². The van der Waals surface area contributed by atoms with Crippen molar-refractivity contribution in [3.63, 3.8) is 0 Å². The topological polar surface area (TPSA) is 29.5 Å². The van der Waals surface area contributed by atoms with E-state index in [0.29, 0.717) is 27.7 Å². The molecule has 0 saturated heterocycles. The van der Waals surface area contributed by atoms with Crippen LogP contribution >= 0.6 is 0 Å². The summed E-state index contributed by atoms with van der Waals surface area (Å²) in [4.78, 5) is 0. The second kappa shape index (κ2) is 10.5. The zero-order valence-electron chi connectivity index (χ0n) is 25.5. The Balaban J connectivity index is 1.31. The first-order valence-corrected chi connectivity index (χ1v) is 18.6. The van der Waals surface area contributed by atoms with Crippen molar-refractivity contribution in [2.24, 2.45) is 46.3 Å². The largest absolute Gasteiger partial charge is 0.417 e. The van der Waals surface area contributed by atoms with Gasteiger partial charge in [0.05, 0.1) is 6.10 Å². The van der Waals surface area contributed by atoms with E-state index in [1.165, 1.54) is 57.8 Å². The average molecular weight is 517 g/mol. The van der Waals surface area contributed by atoms with Gasteiger partial charge in [0.15, 0.2) is 8.32 Å². The van der Waals surface area contributed by atoms with Crippen molar-refractivity contribution in [1.82, 2.24) is 0 Å². The fourth-order valence-electron chi connectivity index (χ4n) is 9.11. The normalized spacial score (nSPS) is 40.6. The van der Waals surface area contributed by atoms with Gasteiger partial charge in [-0.15, -0.1) is 0 Å². The molecular formula is C33H60O2Si. The minimum atomic E-state index is -1.63. The predicted octanol–water partition coefficient (Wildman–Crippen LogP) is 9.39. The zero-order valence-corrected chi connectivity index (χ0v) is 26.5. The van der Waals surface area contributed by atoms with E-state index in [-0.39, 0.29) is 6.10 Å². The number of hydrogen-bond donors (Lipinski definition) is 1. The van der Waals surface area contributed by atoms with Crippen molar-refractivity contribution in [3.8, 4) is 0 Å². The van der Waals surface area contributed by atoms with E-state index < -0.39 is 8.32 Å². The molecule has 3 fully saturated rings. The summed E-state index contributed by atoms with van der Waals surface area (Å²) >= 11 is 0. The molecule has 36 heavy (non-hydrogen) atoms. The molecule has 3 saturated carbocycles. The van der Waals surface area contributed by atoms with Gasteiger partial charge in [-0.2, -0.15) is 0 Å². The van der Waals surface area contributed by atoms with Crippen molar-refractivity contribution in [3.05, 3.63) is 11.6 Å². The van der Waals surface area contributed by atoms with E-state index in [2.05, 4.69) is 67.6 Å². The molecule has 0 amide bonds. The first-order chi connectivity index (χ1) is 16.7. The first-order valence-electron chi connectivity index (χ1n) is 15.7. The molecule has 0 bridgehead atoms. The highest BCUT2D eigenvalue weighted by Gasteiger charge is 2.58. The quantitative estimate of drug-likeness (QED) is 0.257. The van der Waals surface area contributed by atoms with Crippen LogP contribution in [0.3, 0.4) is 0 Å². The number of fused-ring (bicyclic) bond motifs is 5. The third-order valence-corrected chi connectivity index (χ3v) is 17.2. The maximum atomic E-state index is 10.3. The Hall–Kier alpha value is -0.123. The van der Waals surface area contributed by atoms with Crippen molar-refractivity contribution in [2.45, 2.75) is 143 Å². The van der Waals surface area contributed by atoms with E-state index in [4.69, 9.17) is 4.43 Å². The van der Waals surface area contributed by atoms with Crippen LogP contribution in [-0.2, 0) is 4.43 Å². The van der Waals surface area contributed by atoms with Crippen LogP contribution in [0.15, 0.2) is 11.6 Å². The Labute approximate surface area is 225 Å². The fraction of sp³-hybridized carbons (Fsp3) is 0.939. The highest BCUT2D eigenvalue weighted by Crippen LogP contribution is 2.67. The maximum Gasteiger partial charge on any atom is 0.191 e. The SMILES string of the molecule is CC(CCC[C@@H](C)C1CCC2C3=CC[C@H]4C[C@@H](O)CC[C@]4(C)C3CC[C@@]21C)CO[Si](C)(C)C(C)(C)C. The fourth-order valence-corrected chi connectivity index (χ4v) is 10.2. The van der Waals surface area contributed by atoms with Crippen LogP contribution in [0, 0.1) is 46.3 Å². The minimum absolute atomic E-state index is 0.0510. The molecule has 0 spiro atoms. The monoisotopic (exact) mass is 516 g/mol. The summed E-state index contributed by atoms with van der Waals surface area (Å²) in [5.41, 5.74) is 2.82. The molecule has 208 valence electrons. The van der Waals surface area contributed by atoms with Gasteiger partial charge in [0.1, 0.15) is 0 Å². The van der Waals surface area contributed by atoms with Gasteiger partial charge >= 0.3 is 0 Å². The number of aliphatic hydroxyl groups is 1. The minimum Gasteiger partial charge on any atom is -0.417 e. The van der Waals surface area contributed by atoms with Gasteiger partial charge in [-0.3, -0.25) is 0 Å². The van der Waals surface area contributed by atoms with Gasteiger partial charge in [0.2, 0.25) is 0 Å². The summed E-state index contributed by atoms with van der Waals surface area (Å²) < 4.78 is 6.52. The molecule has 2 nitrogen and oxygen atoms in total. The third-order valence-electron chi connectivity index (χ3n) is 12.7. The van der Waals surface area contributed by atoms with Gasteiger partial charge in [-0.05, 0) is 122 Å². The smallest absolute Gasteiger partial charge is 0.191 e. The molecule has 0 radical (unpaired) electrons. The number of hydrogen-bond acceptors (Lipinski definition) is 2. The highest BCUT2D eigenvalue weighted by atomic mass is 28.4. The molecule has 0 aromatic rings. The van der Waals surface area contributed by atoms with Crippen LogP contribution in [-0.4, -0.2) is 26.1 Å². The maximum absolute atomic E-state index is 10.3. The summed E-state index contributed by atoms with van der Waals surface area (Å²) in [6, 6.07) is 0. The molecule has 4 aliphatic rings. The van der Waals surface area contributed by atoms with Gasteiger partial charge in [-0.1, -0.05) is 73.0 Å². The molecule has 3 heteroatoms. The van der Waals surface area contributed by atoms with Crippen molar-refractivity contribution in [1.29, 1.82) is 0 Å². The van der Waals surface area contributed by atoms with Crippen LogP contribution in [0.5, 0.6) is 0 Å². The Morgan fingerprint density at radius 3 is 2.36 bits per heavy atom. The van der Waals surface area contributed by atoms with Crippen molar-refractivity contribution >= 4 is 8.32 Å². The van der Waals surface area contributed by atoms with Crippen LogP contribution in [0.25, 0.3) is 0 Å². The van der Waals surface area contributed by atoms with Gasteiger partial charge in [-0.25, -0.2) is 0 Å². The molecule has 0 aromatic carbocycles. The summed E-state index contributed by atoms with van der Waals surface area (Å²) in [6.45, 7) is 23.0. The van der Waals surface area contributed by atoms with E-state index >= 15 is 0 Å². The molecular weight excluding hydrogens is 456 g/mol. The van der Waals surface area contributed by atoms with Crippen LogP contribution < -0.4 is 0 Å². The zero-order chi connectivity index (χ0) is 26.5. The highest BCUT2D eigenvalue weighted by molar-refractivity contribution is 6.74. The van der Waals surface area contributed by atoms with Crippen LogP contribution in [0.1, 0.15) is 119 Å². The predicted molar refractivity (Wildman–Crippen MR) is 157 cm³/mol. The molecule has 4 aliphatic carbocycles.